The smallest absolute Gasteiger partial charge is 0.307 e. The van der Waals surface area contributed by atoms with Gasteiger partial charge >= 0.3 is 5.97 Å². The summed E-state index contributed by atoms with van der Waals surface area (Å²) in [6.07, 6.45) is 0.474. The fourth-order valence-electron chi connectivity index (χ4n) is 5.67. The summed E-state index contributed by atoms with van der Waals surface area (Å²) in [7, 11) is -4.18. The summed E-state index contributed by atoms with van der Waals surface area (Å²) in [6.45, 7) is 0.884. The van der Waals surface area contributed by atoms with Crippen LogP contribution in [0.1, 0.15) is 18.4 Å². The van der Waals surface area contributed by atoms with Crippen LogP contribution in [0.3, 0.4) is 0 Å². The Morgan fingerprint density at radius 3 is 2.45 bits per heavy atom. The van der Waals surface area contributed by atoms with Crippen LogP contribution in [0, 0.1) is 35.0 Å². The van der Waals surface area contributed by atoms with Crippen molar-refractivity contribution in [2.24, 2.45) is 29.4 Å². The van der Waals surface area contributed by atoms with Gasteiger partial charge in [-0.25, -0.2) is 13.1 Å². The van der Waals surface area contributed by atoms with Gasteiger partial charge in [0, 0.05) is 12.5 Å². The van der Waals surface area contributed by atoms with Crippen molar-refractivity contribution in [1.82, 2.24) is 10.0 Å². The summed E-state index contributed by atoms with van der Waals surface area (Å²) in [4.78, 5) is 26.8. The highest BCUT2D eigenvalue weighted by Crippen LogP contribution is 2.36. The van der Waals surface area contributed by atoms with Gasteiger partial charge in [-0.15, -0.1) is 0 Å². The number of carbonyl (C=O) groups is 2. The first-order valence-electron chi connectivity index (χ1n) is 13.4. The lowest BCUT2D eigenvalue weighted by molar-refractivity contribution is -0.149. The summed E-state index contributed by atoms with van der Waals surface area (Å²) in [6, 6.07) is 22.0. The Bertz CT molecular complexity index is 1490. The molecule has 10 heteroatoms. The van der Waals surface area contributed by atoms with Crippen LogP contribution in [-0.4, -0.2) is 51.0 Å². The molecule has 3 aromatic carbocycles. The molecule has 1 heterocycles. The molecule has 4 rings (SSSR count). The Hall–Kier alpha value is -3.62. The molecule has 5 atom stereocenters. The molecule has 0 aromatic heterocycles. The molecular formula is C30H34N4O5S. The Morgan fingerprint density at radius 2 is 1.77 bits per heavy atom. The SMILES string of the molecule is N#CC1CNCCC1C(C(=O)[C@H](Cc1ccccc1)NS(=O)(=O)c1ccc2ccccc2c1)C(CCN)C(=O)O. The zero-order valence-electron chi connectivity index (χ0n) is 22.1. The first-order chi connectivity index (χ1) is 19.2. The minimum absolute atomic E-state index is 0.00197. The lowest BCUT2D eigenvalue weighted by Gasteiger charge is -2.38. The quantitative estimate of drug-likeness (QED) is 0.262. The third-order valence-corrected chi connectivity index (χ3v) is 9.14. The van der Waals surface area contributed by atoms with E-state index in [-0.39, 0.29) is 24.3 Å². The molecule has 0 aliphatic carbocycles. The molecule has 0 radical (unpaired) electrons. The molecule has 1 aliphatic rings. The number of carboxylic acids is 1. The predicted molar refractivity (Wildman–Crippen MR) is 152 cm³/mol. The second-order valence-corrected chi connectivity index (χ2v) is 11.9. The largest absolute Gasteiger partial charge is 0.481 e. The highest BCUT2D eigenvalue weighted by molar-refractivity contribution is 7.89. The van der Waals surface area contributed by atoms with E-state index in [4.69, 9.17) is 5.73 Å². The third kappa shape index (κ3) is 6.74. The molecule has 0 bridgehead atoms. The minimum atomic E-state index is -4.18. The number of Topliss-reactive ketones (excluding diaryl/α,β-unsaturated/α-hetero) is 1. The number of hydrogen-bond acceptors (Lipinski definition) is 7. The van der Waals surface area contributed by atoms with Crippen molar-refractivity contribution in [3.63, 3.8) is 0 Å². The molecule has 9 nitrogen and oxygen atoms in total. The van der Waals surface area contributed by atoms with Crippen LogP contribution >= 0.6 is 0 Å². The normalized spacial score (nSPS) is 19.8. The van der Waals surface area contributed by atoms with Gasteiger partial charge in [-0.2, -0.15) is 5.26 Å². The van der Waals surface area contributed by atoms with Crippen LogP contribution < -0.4 is 15.8 Å². The molecule has 5 N–H and O–H groups in total. The van der Waals surface area contributed by atoms with Crippen molar-refractivity contribution >= 4 is 32.5 Å². The number of sulfonamides is 1. The summed E-state index contributed by atoms with van der Waals surface area (Å²) < 4.78 is 29.9. The average Bonchev–Trinajstić information content (AvgIpc) is 2.96. The van der Waals surface area contributed by atoms with Gasteiger partial charge in [0.15, 0.2) is 5.78 Å². The molecular weight excluding hydrogens is 528 g/mol. The number of nitrogens with one attached hydrogen (secondary N) is 2. The number of aliphatic carboxylic acids is 1. The van der Waals surface area contributed by atoms with Crippen molar-refractivity contribution in [2.75, 3.05) is 19.6 Å². The Balaban J connectivity index is 1.76. The van der Waals surface area contributed by atoms with E-state index in [0.717, 1.165) is 10.8 Å². The van der Waals surface area contributed by atoms with Gasteiger partial charge in [0.25, 0.3) is 0 Å². The topological polar surface area (TPSA) is 162 Å². The number of nitrogens with two attached hydrogens (primary N) is 1. The second kappa shape index (κ2) is 13.2. The average molecular weight is 563 g/mol. The first kappa shape index (κ1) is 29.4. The minimum Gasteiger partial charge on any atom is -0.481 e. The van der Waals surface area contributed by atoms with E-state index < -0.39 is 51.5 Å². The number of carboxylic acid groups (broad SMARTS) is 1. The molecule has 1 fully saturated rings. The number of benzene rings is 3. The Labute approximate surface area is 234 Å². The van der Waals surface area contributed by atoms with E-state index in [1.54, 1.807) is 42.5 Å². The number of nitrogens with zero attached hydrogens (tertiary/aromatic N) is 1. The van der Waals surface area contributed by atoms with Crippen molar-refractivity contribution in [3.05, 3.63) is 78.4 Å². The van der Waals surface area contributed by atoms with E-state index in [1.165, 1.54) is 6.07 Å². The van der Waals surface area contributed by atoms with Crippen molar-refractivity contribution in [2.45, 2.75) is 30.2 Å². The molecule has 3 aromatic rings. The molecule has 1 aliphatic heterocycles. The Kier molecular flexibility index (Phi) is 9.66. The molecule has 40 heavy (non-hydrogen) atoms. The molecule has 0 amide bonds. The molecule has 4 unspecified atom stereocenters. The predicted octanol–water partition coefficient (Wildman–Crippen LogP) is 2.71. The fourth-order valence-corrected chi connectivity index (χ4v) is 6.91. The number of ketones is 1. The summed E-state index contributed by atoms with van der Waals surface area (Å²) in [5.41, 5.74) is 6.48. The lowest BCUT2D eigenvalue weighted by Crippen LogP contribution is -2.52. The number of rotatable bonds is 12. The van der Waals surface area contributed by atoms with Gasteiger partial charge in [-0.05, 0) is 66.7 Å². The Morgan fingerprint density at radius 1 is 1.07 bits per heavy atom. The summed E-state index contributed by atoms with van der Waals surface area (Å²) in [5, 5.41) is 24.7. The number of nitriles is 1. The third-order valence-electron chi connectivity index (χ3n) is 7.67. The highest BCUT2D eigenvalue weighted by Gasteiger charge is 2.46. The molecule has 0 saturated carbocycles. The van der Waals surface area contributed by atoms with Gasteiger partial charge in [0.1, 0.15) is 0 Å². The number of fused-ring (bicyclic) bond motifs is 1. The zero-order valence-corrected chi connectivity index (χ0v) is 22.9. The van der Waals surface area contributed by atoms with Gasteiger partial charge in [0.2, 0.25) is 10.0 Å². The van der Waals surface area contributed by atoms with Gasteiger partial charge < -0.3 is 16.2 Å². The molecule has 0 spiro atoms. The highest BCUT2D eigenvalue weighted by atomic mass is 32.2. The van der Waals surface area contributed by atoms with E-state index in [0.29, 0.717) is 25.1 Å². The van der Waals surface area contributed by atoms with Crippen LogP contribution in [0.4, 0.5) is 0 Å². The monoisotopic (exact) mass is 562 g/mol. The van der Waals surface area contributed by atoms with Gasteiger partial charge in [0.05, 0.1) is 28.8 Å². The lowest BCUT2D eigenvalue weighted by atomic mass is 9.68. The summed E-state index contributed by atoms with van der Waals surface area (Å²) in [5.74, 6) is -5.14. The second-order valence-electron chi connectivity index (χ2n) is 10.2. The van der Waals surface area contributed by atoms with Crippen LogP contribution in [0.25, 0.3) is 10.8 Å². The summed E-state index contributed by atoms with van der Waals surface area (Å²) >= 11 is 0. The standard InChI is InChI=1S/C30H34N4O5S/c31-14-12-26(30(36)37)28(25-13-15-33-19-23(25)18-32)29(35)27(16-20-6-2-1-3-7-20)34-40(38,39)24-11-10-21-8-4-5-9-22(21)17-24/h1-11,17,23,25-28,33-34H,12-16,19,31H2,(H,36,37)/t23?,25?,26?,27-,28?/m0/s1. The maximum absolute atomic E-state index is 14.4. The maximum atomic E-state index is 14.4. The van der Waals surface area contributed by atoms with Gasteiger partial charge in [-0.3, -0.25) is 9.59 Å². The van der Waals surface area contributed by atoms with Crippen molar-refractivity contribution in [3.8, 4) is 6.07 Å². The van der Waals surface area contributed by atoms with Crippen LogP contribution in [0.5, 0.6) is 0 Å². The van der Waals surface area contributed by atoms with Gasteiger partial charge in [-0.1, -0.05) is 60.7 Å². The van der Waals surface area contributed by atoms with Crippen LogP contribution in [-0.2, 0) is 26.0 Å². The fraction of sp³-hybridized carbons (Fsp3) is 0.367. The van der Waals surface area contributed by atoms with E-state index >= 15 is 0 Å². The van der Waals surface area contributed by atoms with Crippen LogP contribution in [0.15, 0.2) is 77.7 Å². The maximum Gasteiger partial charge on any atom is 0.307 e. The number of hydrogen-bond donors (Lipinski definition) is 4. The van der Waals surface area contributed by atoms with Crippen molar-refractivity contribution in [1.29, 1.82) is 5.26 Å². The van der Waals surface area contributed by atoms with Crippen LogP contribution in [0.2, 0.25) is 0 Å². The molecule has 210 valence electrons. The van der Waals surface area contributed by atoms with Crippen molar-refractivity contribution < 1.29 is 23.1 Å². The van der Waals surface area contributed by atoms with E-state index in [2.05, 4.69) is 16.1 Å². The number of carbonyl (C=O) groups excluding carboxylic acids is 1. The van der Waals surface area contributed by atoms with E-state index in [1.807, 2.05) is 24.3 Å². The van der Waals surface area contributed by atoms with E-state index in [9.17, 15) is 28.4 Å². The first-order valence-corrected chi connectivity index (χ1v) is 14.9. The number of piperidine rings is 1. The molecule has 1 saturated heterocycles. The zero-order chi connectivity index (χ0) is 28.7.